The van der Waals surface area contributed by atoms with Crippen molar-refractivity contribution < 1.29 is 28.8 Å². The molecule has 0 radical (unpaired) electrons. The number of hydrogen-bond donors (Lipinski definition) is 1. The van der Waals surface area contributed by atoms with E-state index in [9.17, 15) is 9.90 Å². The first kappa shape index (κ1) is 12.2. The topological polar surface area (TPSA) is 52.2 Å². The molecule has 0 saturated heterocycles. The van der Waals surface area contributed by atoms with E-state index < -0.39 is 5.97 Å². The predicted octanol–water partition coefficient (Wildman–Crippen LogP) is -3.47. The fourth-order valence-electron chi connectivity index (χ4n) is 0.905. The molecule has 0 aliphatic carbocycles. The Morgan fingerprint density at radius 1 is 1.31 bits per heavy atom. The standard InChI is InChI=1S/C9H11NO2.Li/c11-9(12)7-10-6-8-4-2-1-3-5-8;/h1-5,10H,6-7H2,(H,11,12);/q;+1/p-1. The Morgan fingerprint density at radius 2 is 1.92 bits per heavy atom. The summed E-state index contributed by atoms with van der Waals surface area (Å²) in [6.45, 7) is 0.462. The summed E-state index contributed by atoms with van der Waals surface area (Å²) in [6, 6.07) is 9.61. The van der Waals surface area contributed by atoms with Gasteiger partial charge in [0.05, 0.1) is 5.97 Å². The molecular formula is C9H10LiNO2. The maximum absolute atomic E-state index is 10.0. The summed E-state index contributed by atoms with van der Waals surface area (Å²) in [5, 5.41) is 12.8. The molecule has 0 atom stereocenters. The molecule has 4 heteroatoms. The van der Waals surface area contributed by atoms with Crippen LogP contribution < -0.4 is 29.3 Å². The van der Waals surface area contributed by atoms with Crippen LogP contribution in [-0.4, -0.2) is 12.5 Å². The Kier molecular flexibility index (Phi) is 6.34. The number of nitrogens with one attached hydrogen (secondary N) is 1. The normalized spacial score (nSPS) is 8.92. The van der Waals surface area contributed by atoms with Crippen LogP contribution >= 0.6 is 0 Å². The molecule has 0 unspecified atom stereocenters. The molecule has 1 rings (SSSR count). The Bertz CT molecular complexity index is 251. The molecule has 1 aromatic carbocycles. The summed E-state index contributed by atoms with van der Waals surface area (Å²) in [5.41, 5.74) is 1.07. The van der Waals surface area contributed by atoms with Crippen molar-refractivity contribution in [2.45, 2.75) is 6.54 Å². The van der Waals surface area contributed by atoms with Crippen molar-refractivity contribution in [3.05, 3.63) is 35.9 Å². The molecule has 0 aliphatic heterocycles. The predicted molar refractivity (Wildman–Crippen MR) is 43.2 cm³/mol. The Morgan fingerprint density at radius 3 is 2.46 bits per heavy atom. The Balaban J connectivity index is 0.00000144. The third-order valence-electron chi connectivity index (χ3n) is 1.44. The number of carboxylic acids is 1. The molecule has 64 valence electrons. The molecule has 0 bridgehead atoms. The zero-order chi connectivity index (χ0) is 8.81. The van der Waals surface area contributed by atoms with Crippen molar-refractivity contribution in [3.8, 4) is 0 Å². The van der Waals surface area contributed by atoms with Gasteiger partial charge in [-0.15, -0.1) is 0 Å². The number of hydrogen-bond acceptors (Lipinski definition) is 3. The third kappa shape index (κ3) is 5.48. The fraction of sp³-hybridized carbons (Fsp3) is 0.222. The minimum atomic E-state index is -1.08. The third-order valence-corrected chi connectivity index (χ3v) is 1.44. The number of rotatable bonds is 4. The molecular weight excluding hydrogens is 161 g/mol. The van der Waals surface area contributed by atoms with Gasteiger partial charge >= 0.3 is 18.9 Å². The van der Waals surface area contributed by atoms with Crippen molar-refractivity contribution in [2.75, 3.05) is 6.54 Å². The van der Waals surface area contributed by atoms with E-state index in [0.717, 1.165) is 5.56 Å². The van der Waals surface area contributed by atoms with Gasteiger partial charge in [0, 0.05) is 13.1 Å². The van der Waals surface area contributed by atoms with Crippen LogP contribution in [0, 0.1) is 0 Å². The molecule has 13 heavy (non-hydrogen) atoms. The van der Waals surface area contributed by atoms with E-state index in [1.165, 1.54) is 0 Å². The smallest absolute Gasteiger partial charge is 0.549 e. The van der Waals surface area contributed by atoms with Gasteiger partial charge in [-0.1, -0.05) is 30.3 Å². The molecule has 0 saturated carbocycles. The average molecular weight is 171 g/mol. The largest absolute Gasteiger partial charge is 1.00 e. The van der Waals surface area contributed by atoms with Crippen molar-refractivity contribution >= 4 is 5.97 Å². The van der Waals surface area contributed by atoms with Gasteiger partial charge in [0.25, 0.3) is 0 Å². The van der Waals surface area contributed by atoms with Crippen molar-refractivity contribution in [1.82, 2.24) is 5.32 Å². The van der Waals surface area contributed by atoms with Gasteiger partial charge in [0.1, 0.15) is 0 Å². The van der Waals surface area contributed by atoms with E-state index in [4.69, 9.17) is 0 Å². The summed E-state index contributed by atoms with van der Waals surface area (Å²) in [5.74, 6) is -1.08. The molecule has 3 nitrogen and oxygen atoms in total. The minimum absolute atomic E-state index is 0. The van der Waals surface area contributed by atoms with Gasteiger partial charge in [-0.25, -0.2) is 0 Å². The van der Waals surface area contributed by atoms with Gasteiger partial charge in [0.15, 0.2) is 0 Å². The quantitative estimate of drug-likeness (QED) is 0.479. The summed E-state index contributed by atoms with van der Waals surface area (Å²) in [6.07, 6.45) is 0. The van der Waals surface area contributed by atoms with Gasteiger partial charge in [-0.3, -0.25) is 0 Å². The van der Waals surface area contributed by atoms with Crippen LogP contribution in [-0.2, 0) is 11.3 Å². The molecule has 1 N–H and O–H groups in total. The molecule has 1 aromatic rings. The molecule has 0 aromatic heterocycles. The molecule has 0 fully saturated rings. The molecule has 0 aliphatic rings. The summed E-state index contributed by atoms with van der Waals surface area (Å²) < 4.78 is 0. The monoisotopic (exact) mass is 171 g/mol. The number of carbonyl (C=O) groups excluding carboxylic acids is 1. The first-order valence-corrected chi connectivity index (χ1v) is 3.73. The zero-order valence-electron chi connectivity index (χ0n) is 7.62. The van der Waals surface area contributed by atoms with Gasteiger partial charge in [-0.05, 0) is 5.56 Å². The number of aliphatic carboxylic acids is 1. The van der Waals surface area contributed by atoms with E-state index in [-0.39, 0.29) is 25.4 Å². The van der Waals surface area contributed by atoms with Gasteiger partial charge in [0.2, 0.25) is 0 Å². The number of benzene rings is 1. The van der Waals surface area contributed by atoms with E-state index in [0.29, 0.717) is 6.54 Å². The first-order valence-electron chi connectivity index (χ1n) is 3.73. The van der Waals surface area contributed by atoms with Gasteiger partial charge < -0.3 is 15.2 Å². The summed E-state index contributed by atoms with van der Waals surface area (Å²) in [7, 11) is 0. The van der Waals surface area contributed by atoms with E-state index >= 15 is 0 Å². The van der Waals surface area contributed by atoms with E-state index in [2.05, 4.69) is 5.32 Å². The molecule has 0 heterocycles. The van der Waals surface area contributed by atoms with Crippen LogP contribution in [0.4, 0.5) is 0 Å². The van der Waals surface area contributed by atoms with Crippen LogP contribution in [0.15, 0.2) is 30.3 Å². The van der Waals surface area contributed by atoms with Crippen LogP contribution in [0.3, 0.4) is 0 Å². The maximum atomic E-state index is 10.0. The van der Waals surface area contributed by atoms with Crippen molar-refractivity contribution in [2.24, 2.45) is 0 Å². The first-order chi connectivity index (χ1) is 5.79. The second-order valence-corrected chi connectivity index (χ2v) is 2.46. The van der Waals surface area contributed by atoms with Crippen LogP contribution in [0.2, 0.25) is 0 Å². The Labute approximate surface area is 89.3 Å². The van der Waals surface area contributed by atoms with E-state index in [1.807, 2.05) is 30.3 Å². The van der Waals surface area contributed by atoms with E-state index in [1.54, 1.807) is 0 Å². The summed E-state index contributed by atoms with van der Waals surface area (Å²) >= 11 is 0. The molecule has 0 spiro atoms. The van der Waals surface area contributed by atoms with Crippen molar-refractivity contribution in [3.63, 3.8) is 0 Å². The second kappa shape index (κ2) is 6.73. The van der Waals surface area contributed by atoms with Crippen molar-refractivity contribution in [1.29, 1.82) is 0 Å². The Hall–Kier alpha value is -0.753. The number of carboxylic acid groups (broad SMARTS) is 1. The fourth-order valence-corrected chi connectivity index (χ4v) is 0.905. The van der Waals surface area contributed by atoms with Crippen LogP contribution in [0.1, 0.15) is 5.56 Å². The SMILES string of the molecule is O=C([O-])CNCc1ccccc1.[Li+]. The zero-order valence-corrected chi connectivity index (χ0v) is 7.62. The average Bonchev–Trinajstić information content (AvgIpc) is 2.05. The minimum Gasteiger partial charge on any atom is -0.549 e. The van der Waals surface area contributed by atoms with Crippen LogP contribution in [0.5, 0.6) is 0 Å². The van der Waals surface area contributed by atoms with Gasteiger partial charge in [-0.2, -0.15) is 0 Å². The molecule has 0 amide bonds. The second-order valence-electron chi connectivity index (χ2n) is 2.46. The van der Waals surface area contributed by atoms with Crippen LogP contribution in [0.25, 0.3) is 0 Å². The number of carbonyl (C=O) groups is 1. The summed E-state index contributed by atoms with van der Waals surface area (Å²) in [4.78, 5) is 10.0. The maximum Gasteiger partial charge on any atom is 1.00 e.